The molecule has 0 aliphatic rings. The number of amides is 1. The minimum Gasteiger partial charge on any atom is -0.350 e. The Morgan fingerprint density at radius 1 is 1.43 bits per heavy atom. The lowest BCUT2D eigenvalue weighted by atomic mass is 10.0. The number of hydrogen-bond donors (Lipinski definition) is 1. The fourth-order valence-corrected chi connectivity index (χ4v) is 2.43. The number of halogens is 1. The Kier molecular flexibility index (Phi) is 6.11. The van der Waals surface area contributed by atoms with Crippen molar-refractivity contribution in [3.8, 4) is 0 Å². The molecule has 1 atom stereocenters. The second kappa shape index (κ2) is 7.38. The predicted molar refractivity (Wildman–Crippen MR) is 82.8 cm³/mol. The van der Waals surface area contributed by atoms with Crippen LogP contribution in [0, 0.1) is 16.0 Å². The SMILES string of the molecule is CC(C)C(CNC(=O)c1cccc(Cl)c1[N+](=O)[O-])N(C)C. The summed E-state index contributed by atoms with van der Waals surface area (Å²) in [7, 11) is 3.86. The number of benzene rings is 1. The van der Waals surface area contributed by atoms with Gasteiger partial charge in [-0.25, -0.2) is 0 Å². The molecule has 0 aromatic heterocycles. The van der Waals surface area contributed by atoms with Gasteiger partial charge in [0.25, 0.3) is 5.91 Å². The first-order chi connectivity index (χ1) is 9.75. The maximum absolute atomic E-state index is 12.2. The Bertz CT molecular complexity index is 524. The highest BCUT2D eigenvalue weighted by Crippen LogP contribution is 2.28. The van der Waals surface area contributed by atoms with Crippen molar-refractivity contribution in [2.75, 3.05) is 20.6 Å². The maximum Gasteiger partial charge on any atom is 0.300 e. The number of nitro benzene ring substituents is 1. The number of hydrogen-bond acceptors (Lipinski definition) is 4. The summed E-state index contributed by atoms with van der Waals surface area (Å²) in [6, 6.07) is 4.47. The number of carbonyl (C=O) groups is 1. The minimum atomic E-state index is -0.636. The molecule has 6 nitrogen and oxygen atoms in total. The molecule has 0 saturated heterocycles. The van der Waals surface area contributed by atoms with E-state index in [1.165, 1.54) is 18.2 Å². The number of para-hydroxylation sites is 1. The second-order valence-electron chi connectivity index (χ2n) is 5.38. The van der Waals surface area contributed by atoms with E-state index in [9.17, 15) is 14.9 Å². The quantitative estimate of drug-likeness (QED) is 0.647. The summed E-state index contributed by atoms with van der Waals surface area (Å²) < 4.78 is 0. The highest BCUT2D eigenvalue weighted by Gasteiger charge is 2.24. The van der Waals surface area contributed by atoms with Gasteiger partial charge in [0.1, 0.15) is 10.6 Å². The molecule has 0 radical (unpaired) electrons. The van der Waals surface area contributed by atoms with Gasteiger partial charge in [-0.15, -0.1) is 0 Å². The van der Waals surface area contributed by atoms with Crippen LogP contribution in [0.3, 0.4) is 0 Å². The Morgan fingerprint density at radius 3 is 2.52 bits per heavy atom. The van der Waals surface area contributed by atoms with E-state index >= 15 is 0 Å². The summed E-state index contributed by atoms with van der Waals surface area (Å²) >= 11 is 5.80. The summed E-state index contributed by atoms with van der Waals surface area (Å²) in [6.07, 6.45) is 0. The van der Waals surface area contributed by atoms with Crippen LogP contribution in [0.5, 0.6) is 0 Å². The monoisotopic (exact) mass is 313 g/mol. The van der Waals surface area contributed by atoms with Gasteiger partial charge >= 0.3 is 5.69 Å². The molecular weight excluding hydrogens is 294 g/mol. The summed E-state index contributed by atoms with van der Waals surface area (Å²) in [5, 5.41) is 13.7. The van der Waals surface area contributed by atoms with Crippen molar-refractivity contribution in [2.24, 2.45) is 5.92 Å². The molecule has 1 unspecified atom stereocenters. The van der Waals surface area contributed by atoms with Crippen LogP contribution in [0.2, 0.25) is 5.02 Å². The molecule has 1 aromatic carbocycles. The normalized spacial score (nSPS) is 12.5. The molecule has 0 fully saturated rings. The molecule has 1 rings (SSSR count). The maximum atomic E-state index is 12.2. The first-order valence-electron chi connectivity index (χ1n) is 6.63. The van der Waals surface area contributed by atoms with E-state index in [0.717, 1.165) is 0 Å². The fraction of sp³-hybridized carbons (Fsp3) is 0.500. The Morgan fingerprint density at radius 2 is 2.05 bits per heavy atom. The van der Waals surface area contributed by atoms with Crippen molar-refractivity contribution in [3.05, 3.63) is 38.9 Å². The van der Waals surface area contributed by atoms with Crippen LogP contribution in [-0.4, -0.2) is 42.4 Å². The average Bonchev–Trinajstić information content (AvgIpc) is 2.36. The third-order valence-corrected chi connectivity index (χ3v) is 3.62. The number of rotatable bonds is 6. The van der Waals surface area contributed by atoms with Crippen LogP contribution in [-0.2, 0) is 0 Å². The number of nitrogens with zero attached hydrogens (tertiary/aromatic N) is 2. The number of nitrogens with one attached hydrogen (secondary N) is 1. The van der Waals surface area contributed by atoms with E-state index in [2.05, 4.69) is 19.2 Å². The lowest BCUT2D eigenvalue weighted by Crippen LogP contribution is -2.43. The Labute approximate surface area is 129 Å². The zero-order chi connectivity index (χ0) is 16.2. The molecule has 1 amide bonds. The standard InChI is InChI=1S/C14H20ClN3O3/c1-9(2)12(17(3)4)8-16-14(19)10-6-5-7-11(15)13(10)18(20)21/h5-7,9,12H,8H2,1-4H3,(H,16,19). The van der Waals surface area contributed by atoms with Gasteiger partial charge in [-0.05, 0) is 32.1 Å². The first-order valence-corrected chi connectivity index (χ1v) is 7.01. The molecule has 21 heavy (non-hydrogen) atoms. The molecular formula is C14H20ClN3O3. The van der Waals surface area contributed by atoms with E-state index in [0.29, 0.717) is 12.5 Å². The molecule has 7 heteroatoms. The van der Waals surface area contributed by atoms with Crippen molar-refractivity contribution in [2.45, 2.75) is 19.9 Å². The van der Waals surface area contributed by atoms with Gasteiger partial charge in [0.15, 0.2) is 0 Å². The van der Waals surface area contributed by atoms with E-state index in [1.54, 1.807) is 0 Å². The van der Waals surface area contributed by atoms with Crippen LogP contribution in [0.15, 0.2) is 18.2 Å². The minimum absolute atomic E-state index is 0.0197. The largest absolute Gasteiger partial charge is 0.350 e. The van der Waals surface area contributed by atoms with Crippen molar-refractivity contribution in [3.63, 3.8) is 0 Å². The Hall–Kier alpha value is -1.66. The number of carbonyl (C=O) groups excluding carboxylic acids is 1. The van der Waals surface area contributed by atoms with Crippen LogP contribution in [0.25, 0.3) is 0 Å². The number of nitro groups is 1. The fourth-order valence-electron chi connectivity index (χ4n) is 2.19. The lowest BCUT2D eigenvalue weighted by Gasteiger charge is -2.28. The van der Waals surface area contributed by atoms with Crippen molar-refractivity contribution >= 4 is 23.2 Å². The summed E-state index contributed by atoms with van der Waals surface area (Å²) in [5.41, 5.74) is -0.378. The number of likely N-dealkylation sites (N-methyl/N-ethyl adjacent to an activating group) is 1. The second-order valence-corrected chi connectivity index (χ2v) is 5.79. The van der Waals surface area contributed by atoms with E-state index < -0.39 is 10.8 Å². The van der Waals surface area contributed by atoms with Crippen molar-refractivity contribution in [1.29, 1.82) is 0 Å². The highest BCUT2D eigenvalue weighted by molar-refractivity contribution is 6.33. The van der Waals surface area contributed by atoms with Crippen LogP contribution < -0.4 is 5.32 Å². The highest BCUT2D eigenvalue weighted by atomic mass is 35.5. The van der Waals surface area contributed by atoms with Gasteiger partial charge in [0.2, 0.25) is 0 Å². The van der Waals surface area contributed by atoms with Crippen LogP contribution >= 0.6 is 11.6 Å². The molecule has 0 spiro atoms. The molecule has 0 aliphatic carbocycles. The van der Waals surface area contributed by atoms with Gasteiger partial charge in [0.05, 0.1) is 4.92 Å². The molecule has 0 heterocycles. The zero-order valence-electron chi connectivity index (χ0n) is 12.6. The Balaban J connectivity index is 2.91. The van der Waals surface area contributed by atoms with Gasteiger partial charge in [0, 0.05) is 12.6 Å². The molecule has 1 N–H and O–H groups in total. The smallest absolute Gasteiger partial charge is 0.300 e. The molecule has 0 aliphatic heterocycles. The third kappa shape index (κ3) is 4.41. The van der Waals surface area contributed by atoms with E-state index in [-0.39, 0.29) is 22.3 Å². The molecule has 0 bridgehead atoms. The third-order valence-electron chi connectivity index (χ3n) is 3.32. The zero-order valence-corrected chi connectivity index (χ0v) is 13.3. The topological polar surface area (TPSA) is 75.5 Å². The lowest BCUT2D eigenvalue weighted by molar-refractivity contribution is -0.385. The van der Waals surface area contributed by atoms with Gasteiger partial charge < -0.3 is 10.2 Å². The van der Waals surface area contributed by atoms with Gasteiger partial charge in [-0.3, -0.25) is 14.9 Å². The summed E-state index contributed by atoms with van der Waals surface area (Å²) in [4.78, 5) is 24.6. The van der Waals surface area contributed by atoms with E-state index in [4.69, 9.17) is 11.6 Å². The van der Waals surface area contributed by atoms with Crippen LogP contribution in [0.4, 0.5) is 5.69 Å². The van der Waals surface area contributed by atoms with Gasteiger partial charge in [-0.1, -0.05) is 31.5 Å². The molecule has 0 saturated carbocycles. The first kappa shape index (κ1) is 17.4. The van der Waals surface area contributed by atoms with Crippen molar-refractivity contribution in [1.82, 2.24) is 10.2 Å². The van der Waals surface area contributed by atoms with Gasteiger partial charge in [-0.2, -0.15) is 0 Å². The van der Waals surface area contributed by atoms with E-state index in [1.807, 2.05) is 19.0 Å². The van der Waals surface area contributed by atoms with Crippen LogP contribution in [0.1, 0.15) is 24.2 Å². The van der Waals surface area contributed by atoms with Crippen molar-refractivity contribution < 1.29 is 9.72 Å². The summed E-state index contributed by atoms with van der Waals surface area (Å²) in [5.74, 6) is -0.147. The molecule has 116 valence electrons. The average molecular weight is 314 g/mol. The predicted octanol–water partition coefficient (Wildman–Crippen LogP) is 2.56. The summed E-state index contributed by atoms with van der Waals surface area (Å²) in [6.45, 7) is 4.52. The molecule has 1 aromatic rings.